The number of alkyl halides is 6. The second-order valence-corrected chi connectivity index (χ2v) is 9.85. The van der Waals surface area contributed by atoms with Crippen molar-refractivity contribution in [2.45, 2.75) is 19.3 Å². The van der Waals surface area contributed by atoms with Gasteiger partial charge in [0, 0.05) is 22.3 Å². The summed E-state index contributed by atoms with van der Waals surface area (Å²) in [5.74, 6) is -35.0. The highest BCUT2D eigenvalue weighted by Gasteiger charge is 2.49. The average Bonchev–Trinajstić information content (AvgIpc) is 3.75. The van der Waals surface area contributed by atoms with Crippen LogP contribution in [0.2, 0.25) is 0 Å². The quantitative estimate of drug-likeness (QED) is 0.152. The molecule has 0 bridgehead atoms. The van der Waals surface area contributed by atoms with Crippen LogP contribution in [0.5, 0.6) is 0 Å². The van der Waals surface area contributed by atoms with E-state index in [1.807, 2.05) is 0 Å². The lowest BCUT2D eigenvalue weighted by Crippen LogP contribution is -2.17. The Bertz CT molecular complexity index is 2130. The molecule has 51 heavy (non-hydrogen) atoms. The van der Waals surface area contributed by atoms with Gasteiger partial charge in [0.05, 0.1) is 33.4 Å². The van der Waals surface area contributed by atoms with Gasteiger partial charge in [0.2, 0.25) is 0 Å². The number of nitriles is 3. The lowest BCUT2D eigenvalue weighted by atomic mass is 9.98. The van der Waals surface area contributed by atoms with Gasteiger partial charge in [-0.1, -0.05) is 0 Å². The molecule has 1 aliphatic rings. The van der Waals surface area contributed by atoms with E-state index < -0.39 is 149 Å². The van der Waals surface area contributed by atoms with Gasteiger partial charge in [-0.2, -0.15) is 42.1 Å². The Balaban J connectivity index is 2.37. The van der Waals surface area contributed by atoms with Crippen molar-refractivity contribution in [3.05, 3.63) is 120 Å². The number of benzene rings is 3. The highest BCUT2D eigenvalue weighted by molar-refractivity contribution is 6.12. The molecule has 3 aromatic carbocycles. The van der Waals surface area contributed by atoms with Crippen molar-refractivity contribution >= 4 is 16.7 Å². The first-order valence-corrected chi connectivity index (χ1v) is 12.6. The lowest BCUT2D eigenvalue weighted by molar-refractivity contribution is -0.144. The molecule has 3 aromatic rings. The minimum Gasteiger partial charge on any atom is -0.203 e. The van der Waals surface area contributed by atoms with Gasteiger partial charge < -0.3 is 0 Å². The van der Waals surface area contributed by atoms with Gasteiger partial charge in [-0.25, -0.2) is 52.7 Å². The molecule has 0 spiro atoms. The van der Waals surface area contributed by atoms with Crippen molar-refractivity contribution in [3.63, 3.8) is 0 Å². The maximum Gasteiger partial charge on any atom is 0.422 e. The molecular formula is C30H3F18N3. The molecule has 21 heteroatoms. The molecule has 264 valence electrons. The van der Waals surface area contributed by atoms with E-state index in [9.17, 15) is 77.3 Å². The third-order valence-electron chi connectivity index (χ3n) is 7.10. The zero-order chi connectivity index (χ0) is 39.0. The average molecular weight is 747 g/mol. The summed E-state index contributed by atoms with van der Waals surface area (Å²) in [7, 11) is 0. The van der Waals surface area contributed by atoms with E-state index in [0.717, 1.165) is 6.07 Å². The Morgan fingerprint density at radius 3 is 0.745 bits per heavy atom. The molecule has 4 rings (SSSR count). The standard InChI is InChI=1S/C30H3F18N3/c1-5-17(31)19(33)12(20(34)18(5)32)6(2-49)9-10(7(3-50)13-21(35)25(39)15(29(43,44)45)26(40)22(13)36)11(9)8(4-51)14-23(37)27(41)16(30(46,47)48)28(42)24(14)38/h1H3/b10-7-,11-8-. The molecule has 3 nitrogen and oxygen atoms in total. The molecule has 0 amide bonds. The molecule has 1 aliphatic carbocycles. The molecule has 0 N–H and O–H groups in total. The van der Waals surface area contributed by atoms with E-state index in [-0.39, 0.29) is 0 Å². The normalized spacial score (nSPS) is 14.9. The third-order valence-corrected chi connectivity index (χ3v) is 7.10. The minimum atomic E-state index is -6.19. The fourth-order valence-corrected chi connectivity index (χ4v) is 4.81. The van der Waals surface area contributed by atoms with Crippen LogP contribution in [-0.2, 0) is 12.4 Å². The fraction of sp³-hybridized carbons (Fsp3) is 0.100. The topological polar surface area (TPSA) is 71.4 Å². The van der Waals surface area contributed by atoms with Gasteiger partial charge in [-0.05, 0) is 6.92 Å². The van der Waals surface area contributed by atoms with Gasteiger partial charge in [-0.3, -0.25) is 0 Å². The van der Waals surface area contributed by atoms with E-state index in [2.05, 4.69) is 0 Å². The van der Waals surface area contributed by atoms with Crippen LogP contribution < -0.4 is 0 Å². The zero-order valence-corrected chi connectivity index (χ0v) is 23.6. The first-order chi connectivity index (χ1) is 23.4. The van der Waals surface area contributed by atoms with Crippen molar-refractivity contribution in [3.8, 4) is 18.2 Å². The molecule has 1 fully saturated rings. The van der Waals surface area contributed by atoms with Crippen molar-refractivity contribution in [2.24, 2.45) is 0 Å². The van der Waals surface area contributed by atoms with Crippen LogP contribution >= 0.6 is 0 Å². The summed E-state index contributed by atoms with van der Waals surface area (Å²) in [4.78, 5) is 0. The molecule has 0 radical (unpaired) electrons. The Kier molecular flexibility index (Phi) is 9.25. The van der Waals surface area contributed by atoms with Gasteiger partial charge in [-0.15, -0.1) is 0 Å². The predicted molar refractivity (Wildman–Crippen MR) is 131 cm³/mol. The van der Waals surface area contributed by atoms with E-state index in [4.69, 9.17) is 0 Å². The van der Waals surface area contributed by atoms with Crippen molar-refractivity contribution in [2.75, 3.05) is 0 Å². The molecule has 0 atom stereocenters. The lowest BCUT2D eigenvalue weighted by Gasteiger charge is -2.14. The predicted octanol–water partition coefficient (Wildman–Crippen LogP) is 9.95. The minimum absolute atomic E-state index is 0.438. The SMILES string of the molecule is Cc1c(F)c(F)c(C(C#N)=C2C(=C(\C#N)c3c(F)c(F)c(C(F)(F)F)c(F)c3F)/C2=C(/C#N)c2c(F)c(F)c(C(F)(F)F)c(F)c2F)c(F)c1F. The van der Waals surface area contributed by atoms with Crippen LogP contribution in [0.15, 0.2) is 16.7 Å². The molecular weight excluding hydrogens is 744 g/mol. The smallest absolute Gasteiger partial charge is 0.203 e. The van der Waals surface area contributed by atoms with E-state index in [1.165, 1.54) is 0 Å². The highest BCUT2D eigenvalue weighted by Crippen LogP contribution is 2.58. The second kappa shape index (κ2) is 12.4. The maximum atomic E-state index is 15.0. The molecule has 0 unspecified atom stereocenters. The molecule has 0 heterocycles. The van der Waals surface area contributed by atoms with Crippen LogP contribution in [0.25, 0.3) is 16.7 Å². The van der Waals surface area contributed by atoms with Crippen LogP contribution in [-0.4, -0.2) is 0 Å². The summed E-state index contributed by atoms with van der Waals surface area (Å²) in [5.41, 5.74) is -26.3. The molecule has 0 saturated heterocycles. The molecule has 1 saturated carbocycles. The number of allylic oxidation sites excluding steroid dienone is 6. The van der Waals surface area contributed by atoms with Crippen LogP contribution in [0, 0.1) is 111 Å². The Morgan fingerprint density at radius 2 is 0.569 bits per heavy atom. The summed E-state index contributed by atoms with van der Waals surface area (Å²) in [5, 5.41) is 29.2. The fourth-order valence-electron chi connectivity index (χ4n) is 4.81. The van der Waals surface area contributed by atoms with Crippen LogP contribution in [0.3, 0.4) is 0 Å². The first kappa shape index (κ1) is 37.9. The number of rotatable bonds is 3. The van der Waals surface area contributed by atoms with Crippen molar-refractivity contribution in [1.29, 1.82) is 15.8 Å². The third kappa shape index (κ3) is 5.60. The Hall–Kier alpha value is -5.91. The van der Waals surface area contributed by atoms with Gasteiger partial charge in [0.1, 0.15) is 29.3 Å². The zero-order valence-electron chi connectivity index (χ0n) is 23.6. The van der Waals surface area contributed by atoms with Crippen molar-refractivity contribution < 1.29 is 79.0 Å². The Labute approximate surface area is 269 Å². The van der Waals surface area contributed by atoms with Gasteiger partial charge >= 0.3 is 12.4 Å². The molecule has 0 aliphatic heterocycles. The van der Waals surface area contributed by atoms with Crippen LogP contribution in [0.4, 0.5) is 79.0 Å². The van der Waals surface area contributed by atoms with E-state index in [0.29, 0.717) is 19.1 Å². The summed E-state index contributed by atoms with van der Waals surface area (Å²) >= 11 is 0. The summed E-state index contributed by atoms with van der Waals surface area (Å²) in [6.45, 7) is 0.438. The molecule has 0 aromatic heterocycles. The van der Waals surface area contributed by atoms with Gasteiger partial charge in [0.25, 0.3) is 0 Å². The van der Waals surface area contributed by atoms with E-state index in [1.54, 1.807) is 0 Å². The summed E-state index contributed by atoms with van der Waals surface area (Å²) < 4.78 is 256. The summed E-state index contributed by atoms with van der Waals surface area (Å²) in [6, 6.07) is 2.26. The van der Waals surface area contributed by atoms with Gasteiger partial charge in [0.15, 0.2) is 69.8 Å². The largest absolute Gasteiger partial charge is 0.422 e. The number of halogens is 18. The highest BCUT2D eigenvalue weighted by atomic mass is 19.4. The number of hydrogen-bond donors (Lipinski definition) is 0. The monoisotopic (exact) mass is 747 g/mol. The van der Waals surface area contributed by atoms with Crippen molar-refractivity contribution in [1.82, 2.24) is 0 Å². The second-order valence-electron chi connectivity index (χ2n) is 9.85. The van der Waals surface area contributed by atoms with Crippen LogP contribution in [0.1, 0.15) is 33.4 Å². The number of nitrogens with zero attached hydrogens (tertiary/aromatic N) is 3. The maximum absolute atomic E-state index is 15.0. The first-order valence-electron chi connectivity index (χ1n) is 12.6. The van der Waals surface area contributed by atoms with E-state index >= 15 is 17.6 Å². The Morgan fingerprint density at radius 1 is 0.373 bits per heavy atom. The summed E-state index contributed by atoms with van der Waals surface area (Å²) in [6.07, 6.45) is -12.4. The number of hydrogen-bond acceptors (Lipinski definition) is 3.